The molecule has 2 heterocycles. The summed E-state index contributed by atoms with van der Waals surface area (Å²) in [5.41, 5.74) is 11.9. The van der Waals surface area contributed by atoms with Gasteiger partial charge in [0.25, 0.3) is 6.71 Å². The Morgan fingerprint density at radius 2 is 0.922 bits per heavy atom. The quantitative estimate of drug-likeness (QED) is 0.139. The third kappa shape index (κ3) is 4.58. The lowest BCUT2D eigenvalue weighted by Crippen LogP contribution is -2.57. The zero-order valence-corrected chi connectivity index (χ0v) is 28.9. The molecule has 0 unspecified atom stereocenters. The van der Waals surface area contributed by atoms with Gasteiger partial charge >= 0.3 is 0 Å². The summed E-state index contributed by atoms with van der Waals surface area (Å²) in [5.74, 6) is 3.50. The van der Waals surface area contributed by atoms with E-state index in [2.05, 4.69) is 172 Å². The molecule has 2 aliphatic rings. The van der Waals surface area contributed by atoms with Crippen LogP contribution >= 0.6 is 0 Å². The van der Waals surface area contributed by atoms with Crippen molar-refractivity contribution >= 4 is 44.6 Å². The molecule has 0 radical (unpaired) electrons. The molecule has 0 amide bonds. The minimum Gasteiger partial charge on any atom is -0.458 e. The van der Waals surface area contributed by atoms with Gasteiger partial charge in [0.05, 0.1) is 0 Å². The van der Waals surface area contributed by atoms with Gasteiger partial charge in [-0.2, -0.15) is 0 Å². The molecule has 51 heavy (non-hydrogen) atoms. The first-order chi connectivity index (χ1) is 25.0. The lowest BCUT2D eigenvalue weighted by molar-refractivity contribution is 0.465. The molecule has 0 bridgehead atoms. The molecule has 8 aromatic rings. The predicted octanol–water partition coefficient (Wildman–Crippen LogP) is 11.0. The molecule has 0 saturated carbocycles. The van der Waals surface area contributed by atoms with Crippen LogP contribution in [0.3, 0.4) is 0 Å². The summed E-state index contributed by atoms with van der Waals surface area (Å²) < 4.78 is 13.5. The van der Waals surface area contributed by atoms with Crippen molar-refractivity contribution in [2.75, 3.05) is 0 Å². The van der Waals surface area contributed by atoms with Gasteiger partial charge in [-0.05, 0) is 95.5 Å². The molecule has 0 atom stereocenters. The second-order valence-electron chi connectivity index (χ2n) is 14.8. The third-order valence-corrected chi connectivity index (χ3v) is 10.8. The highest BCUT2D eigenvalue weighted by molar-refractivity contribution is 6.98. The molecule has 3 heteroatoms. The van der Waals surface area contributed by atoms with Crippen LogP contribution in [0.15, 0.2) is 158 Å². The first-order valence-corrected chi connectivity index (χ1v) is 17.8. The lowest BCUT2D eigenvalue weighted by Gasteiger charge is -2.34. The lowest BCUT2D eigenvalue weighted by atomic mass is 9.34. The summed E-state index contributed by atoms with van der Waals surface area (Å²) in [7, 11) is 0. The standard InChI is InChI=1S/C48H35BO2/c1-48(2,3)31-26-24-30(25-27-31)44-34-16-6-8-18-36(34)45(37-19-9-7-17-35(37)44)33-15-5-4-14-32(33)38-28-29-43-46-47(38)51-42-23-13-11-21-40(42)49(46)39-20-10-12-22-41(39)50-43/h4-29H,1-3H3. The molecule has 8 aromatic carbocycles. The summed E-state index contributed by atoms with van der Waals surface area (Å²) >= 11 is 0. The number of rotatable bonds is 3. The Labute approximate surface area is 299 Å². The summed E-state index contributed by atoms with van der Waals surface area (Å²) in [6.45, 7) is 6.82. The number of hydrogen-bond donors (Lipinski definition) is 0. The smallest absolute Gasteiger partial charge is 0.260 e. The van der Waals surface area contributed by atoms with Gasteiger partial charge in [0.15, 0.2) is 0 Å². The first kappa shape index (κ1) is 29.8. The Morgan fingerprint density at radius 1 is 0.412 bits per heavy atom. The van der Waals surface area contributed by atoms with E-state index in [-0.39, 0.29) is 12.1 Å². The molecule has 2 nitrogen and oxygen atoms in total. The Kier molecular flexibility index (Phi) is 6.57. The van der Waals surface area contributed by atoms with Crippen molar-refractivity contribution in [1.29, 1.82) is 0 Å². The van der Waals surface area contributed by atoms with Crippen LogP contribution < -0.4 is 25.9 Å². The average molecular weight is 655 g/mol. The number of hydrogen-bond acceptors (Lipinski definition) is 2. The van der Waals surface area contributed by atoms with Gasteiger partial charge in [-0.3, -0.25) is 0 Å². The molecule has 0 saturated heterocycles. The van der Waals surface area contributed by atoms with E-state index < -0.39 is 0 Å². The molecule has 0 aromatic heterocycles. The molecule has 2 aliphatic heterocycles. The Hall–Kier alpha value is -6.06. The van der Waals surface area contributed by atoms with Crippen LogP contribution in [0.25, 0.3) is 54.9 Å². The van der Waals surface area contributed by atoms with E-state index in [0.29, 0.717) is 0 Å². The zero-order valence-electron chi connectivity index (χ0n) is 28.9. The van der Waals surface area contributed by atoms with E-state index in [4.69, 9.17) is 9.47 Å². The van der Waals surface area contributed by atoms with Crippen molar-refractivity contribution in [3.05, 3.63) is 163 Å². The fourth-order valence-electron chi connectivity index (χ4n) is 8.40. The largest absolute Gasteiger partial charge is 0.458 e. The molecule has 0 spiro atoms. The van der Waals surface area contributed by atoms with E-state index >= 15 is 0 Å². The van der Waals surface area contributed by atoms with Gasteiger partial charge in [-0.1, -0.05) is 154 Å². The van der Waals surface area contributed by atoms with Crippen LogP contribution in [0.1, 0.15) is 26.3 Å². The summed E-state index contributed by atoms with van der Waals surface area (Å²) in [6.07, 6.45) is 0. The maximum atomic E-state index is 6.92. The van der Waals surface area contributed by atoms with Crippen LogP contribution in [0.5, 0.6) is 23.0 Å². The van der Waals surface area contributed by atoms with Crippen LogP contribution in [0.4, 0.5) is 0 Å². The Bertz CT molecular complexity index is 2610. The summed E-state index contributed by atoms with van der Waals surface area (Å²) in [6, 6.07) is 56.9. The predicted molar refractivity (Wildman–Crippen MR) is 214 cm³/mol. The molecular weight excluding hydrogens is 619 g/mol. The number of benzene rings is 8. The van der Waals surface area contributed by atoms with Gasteiger partial charge < -0.3 is 9.47 Å². The highest BCUT2D eigenvalue weighted by Crippen LogP contribution is 2.48. The zero-order chi connectivity index (χ0) is 34.3. The fraction of sp³-hybridized carbons (Fsp3) is 0.0833. The van der Waals surface area contributed by atoms with E-state index in [1.54, 1.807) is 0 Å². The number of para-hydroxylation sites is 2. The SMILES string of the molecule is CC(C)(C)c1ccc(-c2c3ccccc3c(-c3ccccc3-c3ccc4c5c3Oc3ccccc3B5c3ccccc3O4)c3ccccc23)cc1. The van der Waals surface area contributed by atoms with Crippen molar-refractivity contribution in [3.8, 4) is 56.4 Å². The number of ether oxygens (including phenoxy) is 2. The fourth-order valence-corrected chi connectivity index (χ4v) is 8.40. The third-order valence-electron chi connectivity index (χ3n) is 10.8. The van der Waals surface area contributed by atoms with Gasteiger partial charge in [-0.25, -0.2) is 0 Å². The second kappa shape index (κ2) is 11.2. The van der Waals surface area contributed by atoms with Gasteiger partial charge in [-0.15, -0.1) is 0 Å². The maximum Gasteiger partial charge on any atom is 0.260 e. The van der Waals surface area contributed by atoms with E-state index in [1.807, 2.05) is 6.07 Å². The van der Waals surface area contributed by atoms with Crippen molar-refractivity contribution in [2.45, 2.75) is 26.2 Å². The van der Waals surface area contributed by atoms with E-state index in [9.17, 15) is 0 Å². The summed E-state index contributed by atoms with van der Waals surface area (Å²) in [4.78, 5) is 0. The maximum absolute atomic E-state index is 6.92. The van der Waals surface area contributed by atoms with E-state index in [0.717, 1.165) is 50.5 Å². The molecule has 0 fully saturated rings. The average Bonchev–Trinajstić information content (AvgIpc) is 3.16. The second-order valence-corrected chi connectivity index (χ2v) is 14.8. The van der Waals surface area contributed by atoms with Gasteiger partial charge in [0, 0.05) is 11.0 Å². The van der Waals surface area contributed by atoms with Crippen molar-refractivity contribution in [3.63, 3.8) is 0 Å². The van der Waals surface area contributed by atoms with Gasteiger partial charge in [0.2, 0.25) is 0 Å². The summed E-state index contributed by atoms with van der Waals surface area (Å²) in [5, 5.41) is 4.94. The van der Waals surface area contributed by atoms with Crippen molar-refractivity contribution in [2.24, 2.45) is 0 Å². The van der Waals surface area contributed by atoms with E-state index in [1.165, 1.54) is 49.4 Å². The monoisotopic (exact) mass is 654 g/mol. The van der Waals surface area contributed by atoms with Crippen molar-refractivity contribution in [1.82, 2.24) is 0 Å². The minimum absolute atomic E-state index is 0.0163. The molecular formula is C48H35BO2. The van der Waals surface area contributed by atoms with Crippen molar-refractivity contribution < 1.29 is 9.47 Å². The van der Waals surface area contributed by atoms with Crippen LogP contribution in [-0.4, -0.2) is 6.71 Å². The highest BCUT2D eigenvalue weighted by atomic mass is 16.5. The molecule has 10 rings (SSSR count). The molecule has 0 aliphatic carbocycles. The molecule has 0 N–H and O–H groups in total. The van der Waals surface area contributed by atoms with Crippen LogP contribution in [0.2, 0.25) is 0 Å². The Balaban J connectivity index is 1.23. The molecule has 242 valence electrons. The normalized spacial score (nSPS) is 12.9. The Morgan fingerprint density at radius 3 is 1.53 bits per heavy atom. The minimum atomic E-state index is 0.0163. The topological polar surface area (TPSA) is 18.5 Å². The van der Waals surface area contributed by atoms with Gasteiger partial charge in [0.1, 0.15) is 23.0 Å². The first-order valence-electron chi connectivity index (χ1n) is 17.8. The number of fused-ring (bicyclic) bond motifs is 6. The van der Waals surface area contributed by atoms with Crippen LogP contribution in [0, 0.1) is 0 Å². The highest BCUT2D eigenvalue weighted by Gasteiger charge is 2.41. The van der Waals surface area contributed by atoms with Crippen LogP contribution in [-0.2, 0) is 5.41 Å².